The summed E-state index contributed by atoms with van der Waals surface area (Å²) in [5, 5.41) is 0. The largest absolute Gasteiger partial charge is 0.377 e. The van der Waals surface area contributed by atoms with E-state index in [1.165, 1.54) is 32.1 Å². The van der Waals surface area contributed by atoms with Gasteiger partial charge in [-0.15, -0.1) is 0 Å². The number of ketones is 1. The molecule has 0 aromatic carbocycles. The molecule has 1 aliphatic heterocycles. The Kier molecular flexibility index (Phi) is 3.65. The van der Waals surface area contributed by atoms with E-state index < -0.39 is 0 Å². The van der Waals surface area contributed by atoms with Crippen LogP contribution in [0, 0.1) is 51.8 Å². The monoisotopic (exact) mass is 358 g/mol. The minimum absolute atomic E-state index is 0.0542. The smallest absolute Gasteiger partial charge is 0.139 e. The number of ether oxygens (including phenoxy) is 1. The maximum absolute atomic E-state index is 13.3. The van der Waals surface area contributed by atoms with Gasteiger partial charge in [0.15, 0.2) is 0 Å². The van der Waals surface area contributed by atoms with Gasteiger partial charge in [0.1, 0.15) is 5.78 Å². The Morgan fingerprint density at radius 3 is 2.54 bits per heavy atom. The van der Waals surface area contributed by atoms with Crippen LogP contribution in [0.4, 0.5) is 0 Å². The number of hydrogen-bond acceptors (Lipinski definition) is 2. The van der Waals surface area contributed by atoms with Crippen molar-refractivity contribution in [3.05, 3.63) is 0 Å². The quantitative estimate of drug-likeness (QED) is 0.652. The third kappa shape index (κ3) is 1.86. The van der Waals surface area contributed by atoms with Gasteiger partial charge in [-0.25, -0.2) is 0 Å². The van der Waals surface area contributed by atoms with Crippen molar-refractivity contribution in [1.29, 1.82) is 0 Å². The van der Waals surface area contributed by atoms with E-state index in [2.05, 4.69) is 34.6 Å². The Bertz CT molecular complexity index is 626. The summed E-state index contributed by atoms with van der Waals surface area (Å²) >= 11 is 0. The van der Waals surface area contributed by atoms with Crippen molar-refractivity contribution < 1.29 is 9.53 Å². The molecule has 5 fully saturated rings. The van der Waals surface area contributed by atoms with Gasteiger partial charge < -0.3 is 4.74 Å². The first-order valence-electron chi connectivity index (χ1n) is 11.4. The zero-order chi connectivity index (χ0) is 18.5. The Labute approximate surface area is 159 Å². The van der Waals surface area contributed by atoms with Crippen LogP contribution < -0.4 is 0 Å². The van der Waals surface area contributed by atoms with Crippen LogP contribution in [0.25, 0.3) is 0 Å². The molecule has 1 heterocycles. The minimum atomic E-state index is -0.0542. The van der Waals surface area contributed by atoms with E-state index in [-0.39, 0.29) is 10.8 Å². The normalized spacial score (nSPS) is 58.5. The minimum Gasteiger partial charge on any atom is -0.377 e. The molecule has 4 saturated carbocycles. The van der Waals surface area contributed by atoms with Crippen molar-refractivity contribution in [1.82, 2.24) is 0 Å². The highest BCUT2D eigenvalue weighted by atomic mass is 16.5. The number of rotatable bonds is 2. The molecule has 0 aromatic heterocycles. The third-order valence-electron chi connectivity index (χ3n) is 10.6. The lowest BCUT2D eigenvalue weighted by Gasteiger charge is -2.46. The standard InChI is InChI=1S/C24H38O2/c1-14(2)16-7-9-22(4)13-26-21(20(16)22)18-12-19(25)23(5)10-8-17-15(3)6-11-24(17,18)23/h14-18,20-21H,6-13H2,1-5H3/t15-,16+,17+,18-,20+,21-,22-,23+,24-/m1/s1. The van der Waals surface area contributed by atoms with Gasteiger partial charge in [-0.3, -0.25) is 4.79 Å². The summed E-state index contributed by atoms with van der Waals surface area (Å²) in [7, 11) is 0. The topological polar surface area (TPSA) is 26.3 Å². The first kappa shape index (κ1) is 17.7. The van der Waals surface area contributed by atoms with Crippen molar-refractivity contribution >= 4 is 5.78 Å². The molecule has 0 aromatic rings. The first-order chi connectivity index (χ1) is 12.2. The predicted molar refractivity (Wildman–Crippen MR) is 104 cm³/mol. The van der Waals surface area contributed by atoms with Gasteiger partial charge in [0.25, 0.3) is 0 Å². The molecular formula is C24H38O2. The molecule has 146 valence electrons. The van der Waals surface area contributed by atoms with Crippen LogP contribution in [0.1, 0.15) is 79.6 Å². The number of carbonyl (C=O) groups excluding carboxylic acids is 1. The van der Waals surface area contributed by atoms with Gasteiger partial charge in [0.05, 0.1) is 12.7 Å². The molecule has 1 spiro atoms. The molecule has 5 rings (SSSR count). The van der Waals surface area contributed by atoms with Crippen LogP contribution in [-0.4, -0.2) is 18.5 Å². The summed E-state index contributed by atoms with van der Waals surface area (Å²) in [6, 6.07) is 0. The van der Waals surface area contributed by atoms with Crippen LogP contribution in [0.2, 0.25) is 0 Å². The molecule has 1 saturated heterocycles. The van der Waals surface area contributed by atoms with Crippen LogP contribution in [0.5, 0.6) is 0 Å². The van der Waals surface area contributed by atoms with Gasteiger partial charge in [-0.2, -0.15) is 0 Å². The second kappa shape index (κ2) is 5.37. The Hall–Kier alpha value is -0.370. The van der Waals surface area contributed by atoms with E-state index in [0.717, 1.165) is 43.1 Å². The van der Waals surface area contributed by atoms with Crippen LogP contribution in [0.3, 0.4) is 0 Å². The molecule has 26 heavy (non-hydrogen) atoms. The summed E-state index contributed by atoms with van der Waals surface area (Å²) in [5.74, 6) is 4.81. The van der Waals surface area contributed by atoms with Crippen molar-refractivity contribution in [3.63, 3.8) is 0 Å². The van der Waals surface area contributed by atoms with Crippen LogP contribution >= 0.6 is 0 Å². The molecule has 2 nitrogen and oxygen atoms in total. The van der Waals surface area contributed by atoms with E-state index in [1.54, 1.807) is 0 Å². The van der Waals surface area contributed by atoms with Gasteiger partial charge in [0.2, 0.25) is 0 Å². The van der Waals surface area contributed by atoms with Gasteiger partial charge in [-0.1, -0.05) is 34.6 Å². The SMILES string of the molecule is CC(C)[C@@H]1CC[C@]2(C)CO[C@H]([C@H]3CC(=O)[C@]4(C)CC[C@H]5[C@H](C)CC[C@]354)[C@H]12. The summed E-state index contributed by atoms with van der Waals surface area (Å²) in [5.41, 5.74) is 0.557. The summed E-state index contributed by atoms with van der Waals surface area (Å²) in [4.78, 5) is 13.3. The third-order valence-corrected chi connectivity index (χ3v) is 10.6. The zero-order valence-corrected chi connectivity index (χ0v) is 17.5. The van der Waals surface area contributed by atoms with Crippen molar-refractivity contribution in [2.45, 2.75) is 85.7 Å². The highest BCUT2D eigenvalue weighted by Gasteiger charge is 2.74. The van der Waals surface area contributed by atoms with E-state index in [1.807, 2.05) is 0 Å². The maximum atomic E-state index is 13.3. The molecule has 2 heteroatoms. The van der Waals surface area contributed by atoms with Crippen LogP contribution in [0.15, 0.2) is 0 Å². The zero-order valence-electron chi connectivity index (χ0n) is 17.5. The Balaban J connectivity index is 1.57. The van der Waals surface area contributed by atoms with Crippen molar-refractivity contribution in [2.75, 3.05) is 6.61 Å². The summed E-state index contributed by atoms with van der Waals surface area (Å²) in [6.45, 7) is 13.0. The van der Waals surface area contributed by atoms with E-state index >= 15 is 0 Å². The summed E-state index contributed by atoms with van der Waals surface area (Å²) in [6.07, 6.45) is 8.86. The lowest BCUT2D eigenvalue weighted by molar-refractivity contribution is -0.128. The molecule has 0 N–H and O–H groups in total. The maximum Gasteiger partial charge on any atom is 0.139 e. The van der Waals surface area contributed by atoms with Gasteiger partial charge in [0, 0.05) is 11.8 Å². The lowest BCUT2D eigenvalue weighted by Crippen LogP contribution is -2.46. The molecular weight excluding hydrogens is 320 g/mol. The lowest BCUT2D eigenvalue weighted by atomic mass is 9.58. The average molecular weight is 359 g/mol. The molecule has 0 bridgehead atoms. The number of Topliss-reactive ketones (excluding diaryl/α,β-unsaturated/α-hetero) is 1. The molecule has 0 radical (unpaired) electrons. The number of fused-ring (bicyclic) bond motifs is 1. The highest BCUT2D eigenvalue weighted by Crippen LogP contribution is 2.75. The van der Waals surface area contributed by atoms with Crippen LogP contribution in [-0.2, 0) is 9.53 Å². The number of carbonyl (C=O) groups is 1. The van der Waals surface area contributed by atoms with E-state index in [0.29, 0.717) is 29.1 Å². The highest BCUT2D eigenvalue weighted by molar-refractivity contribution is 5.89. The Morgan fingerprint density at radius 1 is 1.04 bits per heavy atom. The van der Waals surface area contributed by atoms with Crippen molar-refractivity contribution in [2.24, 2.45) is 51.8 Å². The predicted octanol–water partition coefficient (Wildman–Crippen LogP) is 5.50. The van der Waals surface area contributed by atoms with E-state index in [4.69, 9.17) is 4.74 Å². The number of hydrogen-bond donors (Lipinski definition) is 0. The average Bonchev–Trinajstić information content (AvgIpc) is 3.29. The second-order valence-electron chi connectivity index (χ2n) is 11.7. The summed E-state index contributed by atoms with van der Waals surface area (Å²) < 4.78 is 6.67. The van der Waals surface area contributed by atoms with Gasteiger partial charge in [-0.05, 0) is 84.9 Å². The fourth-order valence-electron chi connectivity index (χ4n) is 9.22. The Morgan fingerprint density at radius 2 is 1.81 bits per heavy atom. The molecule has 0 amide bonds. The fourth-order valence-corrected chi connectivity index (χ4v) is 9.22. The molecule has 0 unspecified atom stereocenters. The first-order valence-corrected chi connectivity index (χ1v) is 11.4. The van der Waals surface area contributed by atoms with E-state index in [9.17, 15) is 4.79 Å². The van der Waals surface area contributed by atoms with Gasteiger partial charge >= 0.3 is 0 Å². The molecule has 5 aliphatic rings. The van der Waals surface area contributed by atoms with Crippen molar-refractivity contribution in [3.8, 4) is 0 Å². The fraction of sp³-hybridized carbons (Fsp3) is 0.958. The second-order valence-corrected chi connectivity index (χ2v) is 11.7. The molecule has 9 atom stereocenters. The molecule has 4 aliphatic carbocycles.